The van der Waals surface area contributed by atoms with Crippen molar-refractivity contribution in [3.05, 3.63) is 58.4 Å². The molecule has 0 aliphatic rings. The number of hydrogen-bond acceptors (Lipinski definition) is 2. The molecule has 20 heavy (non-hydrogen) atoms. The Kier molecular flexibility index (Phi) is 3.36. The maximum absolute atomic E-state index is 13.8. The van der Waals surface area contributed by atoms with Crippen molar-refractivity contribution >= 4 is 23.3 Å². The van der Waals surface area contributed by atoms with Crippen molar-refractivity contribution in [1.82, 2.24) is 14.5 Å². The lowest BCUT2D eigenvalue weighted by molar-refractivity contribution is 0.637. The molecule has 0 aliphatic heterocycles. The molecule has 0 spiro atoms. The van der Waals surface area contributed by atoms with Crippen LogP contribution in [0.4, 0.5) is 4.39 Å². The number of nitrogens with one attached hydrogen (secondary N) is 1. The zero-order valence-electron chi connectivity index (χ0n) is 11.1. The maximum atomic E-state index is 13.8. The number of rotatable bonds is 3. The number of fused-ring (bicyclic) bond motifs is 1. The fourth-order valence-electron chi connectivity index (χ4n) is 2.39. The average molecular weight is 287 g/mol. The molecule has 3 aromatic rings. The van der Waals surface area contributed by atoms with Gasteiger partial charge < -0.3 is 9.55 Å². The summed E-state index contributed by atoms with van der Waals surface area (Å²) < 4.78 is 16.2. The van der Waals surface area contributed by atoms with Gasteiger partial charge in [0.05, 0.1) is 17.8 Å². The van der Waals surface area contributed by atoms with E-state index < -0.39 is 0 Å². The molecular formula is C15H14FN3S. The molecule has 0 saturated heterocycles. The summed E-state index contributed by atoms with van der Waals surface area (Å²) in [6.45, 7) is 2.64. The van der Waals surface area contributed by atoms with Gasteiger partial charge in [-0.3, -0.25) is 4.98 Å². The lowest BCUT2D eigenvalue weighted by Crippen LogP contribution is -2.05. The van der Waals surface area contributed by atoms with Crippen molar-refractivity contribution in [3.8, 4) is 0 Å². The van der Waals surface area contributed by atoms with E-state index in [1.54, 1.807) is 12.3 Å². The van der Waals surface area contributed by atoms with Crippen molar-refractivity contribution < 1.29 is 4.39 Å². The third-order valence-corrected chi connectivity index (χ3v) is 3.76. The summed E-state index contributed by atoms with van der Waals surface area (Å²) in [7, 11) is 0. The van der Waals surface area contributed by atoms with Gasteiger partial charge in [-0.25, -0.2) is 4.39 Å². The van der Waals surface area contributed by atoms with E-state index >= 15 is 0 Å². The lowest BCUT2D eigenvalue weighted by atomic mass is 10.1. The molecule has 3 nitrogen and oxygen atoms in total. The molecule has 0 bridgehead atoms. The van der Waals surface area contributed by atoms with Gasteiger partial charge in [0.25, 0.3) is 0 Å². The SMILES string of the molecule is CCc1cccnc1Cn1c(=S)[nH]c2c(F)cccc21. The zero-order valence-corrected chi connectivity index (χ0v) is 11.9. The van der Waals surface area contributed by atoms with E-state index in [4.69, 9.17) is 12.2 Å². The summed E-state index contributed by atoms with van der Waals surface area (Å²) in [4.78, 5) is 7.35. The highest BCUT2D eigenvalue weighted by atomic mass is 32.1. The molecule has 3 rings (SSSR count). The molecular weight excluding hydrogens is 273 g/mol. The number of benzene rings is 1. The van der Waals surface area contributed by atoms with Crippen LogP contribution in [0.1, 0.15) is 18.2 Å². The number of aromatic nitrogens is 3. The highest BCUT2D eigenvalue weighted by Crippen LogP contribution is 2.19. The molecule has 2 heterocycles. The first kappa shape index (κ1) is 13.0. The van der Waals surface area contributed by atoms with Gasteiger partial charge in [-0.15, -0.1) is 0 Å². The maximum Gasteiger partial charge on any atom is 0.178 e. The first-order valence-corrected chi connectivity index (χ1v) is 6.91. The second-order valence-corrected chi connectivity index (χ2v) is 5.00. The smallest absolute Gasteiger partial charge is 0.178 e. The fourth-order valence-corrected chi connectivity index (χ4v) is 2.65. The molecule has 0 fully saturated rings. The molecule has 0 amide bonds. The number of pyridine rings is 1. The Morgan fingerprint density at radius 2 is 2.15 bits per heavy atom. The zero-order chi connectivity index (χ0) is 14.1. The van der Waals surface area contributed by atoms with Crippen LogP contribution in [0.25, 0.3) is 11.0 Å². The topological polar surface area (TPSA) is 33.6 Å². The van der Waals surface area contributed by atoms with E-state index in [1.165, 1.54) is 11.6 Å². The third-order valence-electron chi connectivity index (χ3n) is 3.43. The van der Waals surface area contributed by atoms with Gasteiger partial charge in [0, 0.05) is 6.20 Å². The third kappa shape index (κ3) is 2.14. The van der Waals surface area contributed by atoms with E-state index in [1.807, 2.05) is 16.7 Å². The summed E-state index contributed by atoms with van der Waals surface area (Å²) in [6.07, 6.45) is 2.68. The van der Waals surface area contributed by atoms with Crippen molar-refractivity contribution in [2.24, 2.45) is 0 Å². The van der Waals surface area contributed by atoms with E-state index in [0.717, 1.165) is 17.6 Å². The first-order chi connectivity index (χ1) is 9.70. The molecule has 102 valence electrons. The van der Waals surface area contributed by atoms with E-state index in [-0.39, 0.29) is 5.82 Å². The van der Waals surface area contributed by atoms with Gasteiger partial charge >= 0.3 is 0 Å². The van der Waals surface area contributed by atoms with E-state index in [2.05, 4.69) is 23.0 Å². The van der Waals surface area contributed by atoms with Crippen LogP contribution >= 0.6 is 12.2 Å². The van der Waals surface area contributed by atoms with Gasteiger partial charge in [-0.1, -0.05) is 19.1 Å². The van der Waals surface area contributed by atoms with Crippen LogP contribution in [0.2, 0.25) is 0 Å². The van der Waals surface area contributed by atoms with Crippen molar-refractivity contribution in [1.29, 1.82) is 0 Å². The van der Waals surface area contributed by atoms with Gasteiger partial charge in [0.2, 0.25) is 0 Å². The summed E-state index contributed by atoms with van der Waals surface area (Å²) in [5.74, 6) is -0.288. The normalized spacial score (nSPS) is 11.1. The molecule has 0 atom stereocenters. The van der Waals surface area contributed by atoms with Crippen LogP contribution in [0.15, 0.2) is 36.5 Å². The van der Waals surface area contributed by atoms with Gasteiger partial charge in [-0.2, -0.15) is 0 Å². The van der Waals surface area contributed by atoms with Crippen LogP contribution in [-0.4, -0.2) is 14.5 Å². The van der Waals surface area contributed by atoms with Gasteiger partial charge in [0.15, 0.2) is 4.77 Å². The number of H-pyrrole nitrogens is 1. The minimum absolute atomic E-state index is 0.288. The Balaban J connectivity index is 2.14. The molecule has 5 heteroatoms. The van der Waals surface area contributed by atoms with Crippen LogP contribution in [-0.2, 0) is 13.0 Å². The number of imidazole rings is 1. The number of aromatic amines is 1. The Hall–Kier alpha value is -2.01. The van der Waals surface area contributed by atoms with E-state index in [0.29, 0.717) is 16.8 Å². The largest absolute Gasteiger partial charge is 0.328 e. The molecule has 1 N–H and O–H groups in total. The summed E-state index contributed by atoms with van der Waals surface area (Å²) in [6, 6.07) is 8.96. The minimum Gasteiger partial charge on any atom is -0.328 e. The Morgan fingerprint density at radius 3 is 2.95 bits per heavy atom. The molecule has 1 aromatic carbocycles. The van der Waals surface area contributed by atoms with Crippen LogP contribution < -0.4 is 0 Å². The Morgan fingerprint density at radius 1 is 1.30 bits per heavy atom. The molecule has 0 aliphatic carbocycles. The summed E-state index contributed by atoms with van der Waals surface area (Å²) in [5.41, 5.74) is 3.37. The van der Waals surface area contributed by atoms with Crippen LogP contribution in [0.3, 0.4) is 0 Å². The predicted octanol–water partition coefficient (Wildman–Crippen LogP) is 3.84. The van der Waals surface area contributed by atoms with Crippen molar-refractivity contribution in [3.63, 3.8) is 0 Å². The molecule has 0 saturated carbocycles. The van der Waals surface area contributed by atoms with Crippen LogP contribution in [0, 0.1) is 10.6 Å². The standard InChI is InChI=1S/C15H14FN3S/c1-2-10-5-4-8-17-12(10)9-19-13-7-3-6-11(16)14(13)18-15(19)20/h3-8H,2,9H2,1H3,(H,18,20). The predicted molar refractivity (Wildman–Crippen MR) is 79.8 cm³/mol. The Bertz CT molecular complexity index is 819. The first-order valence-electron chi connectivity index (χ1n) is 6.50. The highest BCUT2D eigenvalue weighted by molar-refractivity contribution is 7.71. The molecule has 0 unspecified atom stereocenters. The lowest BCUT2D eigenvalue weighted by Gasteiger charge is -2.08. The number of nitrogens with zero attached hydrogens (tertiary/aromatic N) is 2. The number of halogens is 1. The summed E-state index contributed by atoms with van der Waals surface area (Å²) >= 11 is 5.30. The van der Waals surface area contributed by atoms with Crippen molar-refractivity contribution in [2.45, 2.75) is 19.9 Å². The fraction of sp³-hybridized carbons (Fsp3) is 0.200. The van der Waals surface area contributed by atoms with Gasteiger partial charge in [-0.05, 0) is 42.4 Å². The number of para-hydroxylation sites is 1. The van der Waals surface area contributed by atoms with Crippen molar-refractivity contribution in [2.75, 3.05) is 0 Å². The number of hydrogen-bond donors (Lipinski definition) is 1. The van der Waals surface area contributed by atoms with E-state index in [9.17, 15) is 4.39 Å². The minimum atomic E-state index is -0.288. The Labute approximate surface area is 121 Å². The van der Waals surface area contributed by atoms with Crippen LogP contribution in [0.5, 0.6) is 0 Å². The molecule has 0 radical (unpaired) electrons. The quantitative estimate of drug-likeness (QED) is 0.742. The van der Waals surface area contributed by atoms with Gasteiger partial charge in [0.1, 0.15) is 11.3 Å². The second kappa shape index (κ2) is 5.17. The number of aryl methyl sites for hydroxylation is 1. The summed E-state index contributed by atoms with van der Waals surface area (Å²) in [5, 5.41) is 0. The second-order valence-electron chi connectivity index (χ2n) is 4.61. The average Bonchev–Trinajstić information content (AvgIpc) is 2.78. The monoisotopic (exact) mass is 287 g/mol. The molecule has 2 aromatic heterocycles. The highest BCUT2D eigenvalue weighted by Gasteiger charge is 2.10.